The van der Waals surface area contributed by atoms with Crippen molar-refractivity contribution in [1.29, 1.82) is 0 Å². The molecule has 1 saturated heterocycles. The quantitative estimate of drug-likeness (QED) is 0.786. The number of aldehydes is 1. The maximum absolute atomic E-state index is 11.9. The van der Waals surface area contributed by atoms with Crippen LogP contribution >= 0.6 is 15.9 Å². The van der Waals surface area contributed by atoms with Gasteiger partial charge in [0, 0.05) is 18.7 Å². The molecule has 1 aliphatic rings. The highest BCUT2D eigenvalue weighted by molar-refractivity contribution is 9.10. The summed E-state index contributed by atoms with van der Waals surface area (Å²) in [5, 5.41) is 0. The summed E-state index contributed by atoms with van der Waals surface area (Å²) in [6.45, 7) is 2.34. The van der Waals surface area contributed by atoms with Gasteiger partial charge >= 0.3 is 0 Å². The van der Waals surface area contributed by atoms with E-state index >= 15 is 0 Å². The van der Waals surface area contributed by atoms with Crippen LogP contribution in [0, 0.1) is 0 Å². The summed E-state index contributed by atoms with van der Waals surface area (Å²) in [7, 11) is 0. The number of ether oxygens (including phenoxy) is 2. The van der Waals surface area contributed by atoms with E-state index < -0.39 is 0 Å². The number of nitrogens with zero attached hydrogens (tertiary/aromatic N) is 1. The minimum absolute atomic E-state index is 0.0148. The van der Waals surface area contributed by atoms with Crippen LogP contribution < -0.4 is 4.74 Å². The van der Waals surface area contributed by atoms with Crippen LogP contribution in [0.2, 0.25) is 0 Å². The Morgan fingerprint density at radius 1 is 1.42 bits per heavy atom. The first-order chi connectivity index (χ1) is 9.20. The average molecular weight is 328 g/mol. The molecule has 0 unspecified atom stereocenters. The fourth-order valence-corrected chi connectivity index (χ4v) is 2.26. The first kappa shape index (κ1) is 14.0. The molecule has 1 fully saturated rings. The maximum atomic E-state index is 11.9. The Labute approximate surface area is 119 Å². The van der Waals surface area contributed by atoms with Gasteiger partial charge < -0.3 is 14.4 Å². The summed E-state index contributed by atoms with van der Waals surface area (Å²) in [4.78, 5) is 24.2. The van der Waals surface area contributed by atoms with Gasteiger partial charge in [0.1, 0.15) is 12.0 Å². The normalized spacial score (nSPS) is 15.1. The maximum Gasteiger partial charge on any atom is 0.260 e. The highest BCUT2D eigenvalue weighted by atomic mass is 79.9. The summed E-state index contributed by atoms with van der Waals surface area (Å²) in [6, 6.07) is 4.97. The van der Waals surface area contributed by atoms with Crippen LogP contribution in [0.1, 0.15) is 10.4 Å². The minimum Gasteiger partial charge on any atom is -0.483 e. The van der Waals surface area contributed by atoms with E-state index in [1.54, 1.807) is 23.1 Å². The van der Waals surface area contributed by atoms with Gasteiger partial charge in [-0.25, -0.2) is 0 Å². The molecule has 0 bridgehead atoms. The molecule has 0 radical (unpaired) electrons. The largest absolute Gasteiger partial charge is 0.483 e. The summed E-state index contributed by atoms with van der Waals surface area (Å²) in [6.07, 6.45) is 0.757. The Hall–Kier alpha value is -1.40. The summed E-state index contributed by atoms with van der Waals surface area (Å²) in [5.41, 5.74) is 0.554. The lowest BCUT2D eigenvalue weighted by Gasteiger charge is -2.26. The van der Waals surface area contributed by atoms with Gasteiger partial charge in [0.15, 0.2) is 6.61 Å². The first-order valence-electron chi connectivity index (χ1n) is 5.94. The predicted molar refractivity (Wildman–Crippen MR) is 72.4 cm³/mol. The van der Waals surface area contributed by atoms with Crippen LogP contribution in [-0.2, 0) is 9.53 Å². The Morgan fingerprint density at radius 3 is 2.79 bits per heavy atom. The summed E-state index contributed by atoms with van der Waals surface area (Å²) in [5.74, 6) is 0.488. The smallest absolute Gasteiger partial charge is 0.260 e. The Kier molecular flexibility index (Phi) is 4.93. The van der Waals surface area contributed by atoms with E-state index in [9.17, 15) is 9.59 Å². The van der Waals surface area contributed by atoms with Gasteiger partial charge in [-0.2, -0.15) is 0 Å². The monoisotopic (exact) mass is 327 g/mol. The van der Waals surface area contributed by atoms with Crippen molar-refractivity contribution in [2.45, 2.75) is 0 Å². The molecule has 0 aromatic heterocycles. The first-order valence-corrected chi connectivity index (χ1v) is 6.73. The van der Waals surface area contributed by atoms with Crippen LogP contribution in [0.25, 0.3) is 0 Å². The second-order valence-corrected chi connectivity index (χ2v) is 4.94. The molecular formula is C13H14BrNO4. The van der Waals surface area contributed by atoms with Crippen molar-refractivity contribution >= 4 is 28.1 Å². The molecule has 1 aromatic carbocycles. The number of morpholine rings is 1. The predicted octanol–water partition coefficient (Wildman–Crippen LogP) is 1.50. The fourth-order valence-electron chi connectivity index (χ4n) is 1.75. The zero-order valence-electron chi connectivity index (χ0n) is 10.3. The van der Waals surface area contributed by atoms with Crippen LogP contribution in [0.4, 0.5) is 0 Å². The zero-order valence-corrected chi connectivity index (χ0v) is 11.9. The lowest BCUT2D eigenvalue weighted by Crippen LogP contribution is -2.43. The van der Waals surface area contributed by atoms with E-state index in [1.165, 1.54) is 0 Å². The van der Waals surface area contributed by atoms with Gasteiger partial charge in [-0.1, -0.05) is 0 Å². The number of hydrogen-bond donors (Lipinski definition) is 0. The van der Waals surface area contributed by atoms with E-state index in [0.717, 1.165) is 6.29 Å². The number of hydrogen-bond acceptors (Lipinski definition) is 4. The Balaban J connectivity index is 1.91. The van der Waals surface area contributed by atoms with Gasteiger partial charge in [0.2, 0.25) is 0 Å². The molecule has 0 aliphatic carbocycles. The number of benzene rings is 1. The Bertz CT molecular complexity index is 472. The van der Waals surface area contributed by atoms with Gasteiger partial charge in [0.05, 0.1) is 17.7 Å². The van der Waals surface area contributed by atoms with Crippen molar-refractivity contribution in [1.82, 2.24) is 4.90 Å². The van der Waals surface area contributed by atoms with Crippen molar-refractivity contribution in [3.8, 4) is 5.75 Å². The minimum atomic E-state index is -0.0605. The molecule has 1 aliphatic heterocycles. The van der Waals surface area contributed by atoms with E-state index in [2.05, 4.69) is 15.9 Å². The standard InChI is InChI=1S/C13H14BrNO4/c14-11-7-10(8-16)1-2-12(11)19-9-13(17)15-3-5-18-6-4-15/h1-2,7-8H,3-6,9H2. The van der Waals surface area contributed by atoms with E-state index in [0.29, 0.717) is 42.1 Å². The van der Waals surface area contributed by atoms with Crippen molar-refractivity contribution in [2.24, 2.45) is 0 Å². The van der Waals surface area contributed by atoms with Crippen molar-refractivity contribution in [3.05, 3.63) is 28.2 Å². The van der Waals surface area contributed by atoms with Crippen LogP contribution in [0.3, 0.4) is 0 Å². The molecule has 1 amide bonds. The van der Waals surface area contributed by atoms with E-state index in [4.69, 9.17) is 9.47 Å². The van der Waals surface area contributed by atoms with Crippen molar-refractivity contribution < 1.29 is 19.1 Å². The number of rotatable bonds is 4. The van der Waals surface area contributed by atoms with E-state index in [1.807, 2.05) is 0 Å². The van der Waals surface area contributed by atoms with Gasteiger partial charge in [-0.15, -0.1) is 0 Å². The molecule has 5 nitrogen and oxygen atoms in total. The fraction of sp³-hybridized carbons (Fsp3) is 0.385. The molecular weight excluding hydrogens is 314 g/mol. The Morgan fingerprint density at radius 2 is 2.16 bits per heavy atom. The molecule has 0 spiro atoms. The lowest BCUT2D eigenvalue weighted by atomic mass is 10.2. The topological polar surface area (TPSA) is 55.8 Å². The van der Waals surface area contributed by atoms with Crippen LogP contribution in [0.5, 0.6) is 5.75 Å². The lowest BCUT2D eigenvalue weighted by molar-refractivity contribution is -0.137. The summed E-state index contributed by atoms with van der Waals surface area (Å²) >= 11 is 3.31. The molecule has 102 valence electrons. The third kappa shape index (κ3) is 3.78. The van der Waals surface area contributed by atoms with E-state index in [-0.39, 0.29) is 12.5 Å². The van der Waals surface area contributed by atoms with Crippen LogP contribution in [0.15, 0.2) is 22.7 Å². The van der Waals surface area contributed by atoms with Crippen LogP contribution in [-0.4, -0.2) is 50.0 Å². The van der Waals surface area contributed by atoms with Gasteiger partial charge in [-0.05, 0) is 34.1 Å². The second-order valence-electron chi connectivity index (χ2n) is 4.09. The van der Waals surface area contributed by atoms with Gasteiger partial charge in [-0.3, -0.25) is 9.59 Å². The third-order valence-electron chi connectivity index (χ3n) is 2.81. The molecule has 1 aromatic rings. The number of carbonyl (C=O) groups is 2. The average Bonchev–Trinajstić information content (AvgIpc) is 2.46. The third-order valence-corrected chi connectivity index (χ3v) is 3.43. The number of halogens is 1. The molecule has 0 N–H and O–H groups in total. The SMILES string of the molecule is O=Cc1ccc(OCC(=O)N2CCOCC2)c(Br)c1. The molecule has 0 saturated carbocycles. The summed E-state index contributed by atoms with van der Waals surface area (Å²) < 4.78 is 11.3. The zero-order chi connectivity index (χ0) is 13.7. The second kappa shape index (κ2) is 6.68. The highest BCUT2D eigenvalue weighted by Gasteiger charge is 2.17. The highest BCUT2D eigenvalue weighted by Crippen LogP contribution is 2.25. The molecule has 19 heavy (non-hydrogen) atoms. The molecule has 2 rings (SSSR count). The number of amides is 1. The van der Waals surface area contributed by atoms with Crippen molar-refractivity contribution in [3.63, 3.8) is 0 Å². The molecule has 1 heterocycles. The molecule has 6 heteroatoms. The van der Waals surface area contributed by atoms with Gasteiger partial charge in [0.25, 0.3) is 5.91 Å². The molecule has 0 atom stereocenters. The number of carbonyl (C=O) groups excluding carboxylic acids is 2. The van der Waals surface area contributed by atoms with Crippen molar-refractivity contribution in [2.75, 3.05) is 32.9 Å².